The smallest absolute Gasteiger partial charge is 0.311 e. The molecule has 1 unspecified atom stereocenters. The molecule has 2 aromatic heterocycles. The minimum absolute atomic E-state index is 0.0920. The molecule has 3 aliphatic heterocycles. The predicted molar refractivity (Wildman–Crippen MR) is 303 cm³/mol. The minimum Gasteiger partial charge on any atom is -0.491 e. The fourth-order valence-electron chi connectivity index (χ4n) is 12.0. The third-order valence-electron chi connectivity index (χ3n) is 17.1. The first-order valence-electron chi connectivity index (χ1n) is 28.6. The molecule has 5 heterocycles. The lowest BCUT2D eigenvalue weighted by Gasteiger charge is -2.49. The average molecular weight is 1150 g/mol. The fraction of sp³-hybridized carbons (Fsp3) is 0.712. The maximum Gasteiger partial charge on any atom is 0.311 e. The monoisotopic (exact) mass is 1150 g/mol. The van der Waals surface area contributed by atoms with Crippen LogP contribution in [0.2, 0.25) is 0 Å². The molecule has 22 heteroatoms. The van der Waals surface area contributed by atoms with Gasteiger partial charge in [0.2, 0.25) is 0 Å². The quantitative estimate of drug-likeness (QED) is 0.0731. The van der Waals surface area contributed by atoms with Crippen LogP contribution in [0.3, 0.4) is 0 Å². The van der Waals surface area contributed by atoms with Gasteiger partial charge in [0.1, 0.15) is 54.1 Å². The molecule has 4 aromatic rings. The van der Waals surface area contributed by atoms with Gasteiger partial charge in [-0.2, -0.15) is 0 Å². The lowest BCUT2D eigenvalue weighted by atomic mass is 9.77. The number of ether oxygens (including phenoxy) is 8. The first kappa shape index (κ1) is 64.5. The van der Waals surface area contributed by atoms with E-state index < -0.39 is 102 Å². The highest BCUT2D eigenvalue weighted by Gasteiger charge is 2.53. The summed E-state index contributed by atoms with van der Waals surface area (Å²) >= 11 is 1.30. The molecule has 3 aliphatic rings. The molecule has 5 N–H and O–H groups in total. The number of carbonyl (C=O) groups excluding carboxylic acids is 1. The summed E-state index contributed by atoms with van der Waals surface area (Å²) in [6, 6.07) is 16.3. The standard InChI is InChI=1S/C59H91N7O14S/c1-14-48-59(10,72)52(68)39(6)65(12)29-35(2)27-57(8,71)54(37(4)51(38(5)55(70)78-48)79-49-28-58(9,73-13)53(69)40(7)77-49)80-56-50(67)47(26-36(3)76-56)64(11)25-24-43-30-66(62-60-43)44(32-74-31-41-18-16-15-17-19-41)33-75-45-22-20-42(21-23-45)46-34-81-63-61-46/h15-23,30,34-40,44,47-54,56,67-69,71-72H,14,24-29,31-33H2,1-13H3/t35-,36-,37+,38-,39-,40+,44?,47+,48-,49+,50-,51+,52-,53+,54-,56+,57-,58-,59-/m1/s1. The Labute approximate surface area is 482 Å². The Kier molecular flexibility index (Phi) is 22.4. The Bertz CT molecular complexity index is 2530. The van der Waals surface area contributed by atoms with E-state index in [2.05, 4.69) is 24.8 Å². The van der Waals surface area contributed by atoms with E-state index >= 15 is 0 Å². The molecule has 452 valence electrons. The Morgan fingerprint density at radius 3 is 2.30 bits per heavy atom. The number of rotatable bonds is 19. The second kappa shape index (κ2) is 28.2. The van der Waals surface area contributed by atoms with E-state index in [1.807, 2.05) is 106 Å². The summed E-state index contributed by atoms with van der Waals surface area (Å²) in [7, 11) is 5.28. The van der Waals surface area contributed by atoms with Gasteiger partial charge in [0, 0.05) is 68.2 Å². The average Bonchev–Trinajstić information content (AvgIpc) is 4.18. The van der Waals surface area contributed by atoms with Gasteiger partial charge >= 0.3 is 5.97 Å². The molecule has 19 atom stereocenters. The van der Waals surface area contributed by atoms with Crippen molar-refractivity contribution in [1.29, 1.82) is 0 Å². The van der Waals surface area contributed by atoms with Gasteiger partial charge in [0.05, 0.1) is 60.4 Å². The van der Waals surface area contributed by atoms with Crippen LogP contribution in [0.1, 0.15) is 112 Å². The summed E-state index contributed by atoms with van der Waals surface area (Å²) in [4.78, 5) is 18.6. The van der Waals surface area contributed by atoms with Crippen LogP contribution in [0, 0.1) is 17.8 Å². The van der Waals surface area contributed by atoms with Gasteiger partial charge < -0.3 is 73.2 Å². The largest absolute Gasteiger partial charge is 0.491 e. The van der Waals surface area contributed by atoms with Crippen molar-refractivity contribution < 1.29 is 68.2 Å². The molecule has 3 saturated heterocycles. The van der Waals surface area contributed by atoms with Gasteiger partial charge in [0.25, 0.3) is 0 Å². The van der Waals surface area contributed by atoms with Gasteiger partial charge in [-0.3, -0.25) is 4.79 Å². The number of aliphatic hydroxyl groups excluding tert-OH is 3. The topological polar surface area (TPSA) is 255 Å². The molecule has 0 spiro atoms. The number of aliphatic hydroxyl groups is 5. The summed E-state index contributed by atoms with van der Waals surface area (Å²) in [5.41, 5.74) is -1.06. The number of benzene rings is 2. The van der Waals surface area contributed by atoms with Crippen LogP contribution in [0.5, 0.6) is 5.75 Å². The van der Waals surface area contributed by atoms with Crippen molar-refractivity contribution in [3.63, 3.8) is 0 Å². The van der Waals surface area contributed by atoms with E-state index in [9.17, 15) is 30.3 Å². The van der Waals surface area contributed by atoms with Gasteiger partial charge in [-0.1, -0.05) is 60.8 Å². The highest BCUT2D eigenvalue weighted by molar-refractivity contribution is 7.03. The number of nitrogens with zero attached hydrogens (tertiary/aromatic N) is 7. The Morgan fingerprint density at radius 1 is 0.914 bits per heavy atom. The summed E-state index contributed by atoms with van der Waals surface area (Å²) in [5, 5.41) is 75.3. The maximum absolute atomic E-state index is 14.6. The Hall–Kier alpha value is -4.11. The third kappa shape index (κ3) is 16.0. The molecule has 0 aliphatic carbocycles. The van der Waals surface area contributed by atoms with E-state index in [4.69, 9.17) is 37.9 Å². The summed E-state index contributed by atoms with van der Waals surface area (Å²) in [5.74, 6) is -2.16. The molecule has 0 radical (unpaired) electrons. The van der Waals surface area contributed by atoms with Crippen molar-refractivity contribution in [2.24, 2.45) is 17.8 Å². The molecule has 7 rings (SSSR count). The fourth-order valence-corrected chi connectivity index (χ4v) is 12.5. The van der Waals surface area contributed by atoms with Crippen molar-refractivity contribution in [1.82, 2.24) is 34.4 Å². The van der Waals surface area contributed by atoms with Crippen molar-refractivity contribution in [3.8, 4) is 17.0 Å². The zero-order valence-corrected chi connectivity index (χ0v) is 50.4. The lowest BCUT2D eigenvalue weighted by Crippen LogP contribution is -2.61. The van der Waals surface area contributed by atoms with Crippen LogP contribution in [-0.2, 0) is 51.0 Å². The highest BCUT2D eigenvalue weighted by Crippen LogP contribution is 2.40. The van der Waals surface area contributed by atoms with E-state index in [0.29, 0.717) is 44.9 Å². The van der Waals surface area contributed by atoms with Crippen LogP contribution in [-0.4, -0.2) is 204 Å². The Balaban J connectivity index is 1.11. The SMILES string of the molecule is CC[C@H]1OC(=O)[C@H](C)[C@@H](O[C@H]2C[C@@](C)(OC)[C@@H](O)[C@H](C)O2)[C@H](C)[C@@H](O[C@@H]2O[C@H](C)C[C@H](N(C)CCc3cn(C(COCc4ccccc4)COc4ccc(-c5csnn5)cc4)nn3)[C@H]2O)[C@](C)(O)C[C@@H](C)CN(C)[C@H](C)[C@@H](O)[C@]1(C)O. The molecule has 81 heavy (non-hydrogen) atoms. The number of methoxy groups -OCH3 is 1. The second-order valence-corrected chi connectivity index (χ2v) is 24.5. The van der Waals surface area contributed by atoms with Crippen LogP contribution in [0.15, 0.2) is 66.2 Å². The van der Waals surface area contributed by atoms with Crippen LogP contribution < -0.4 is 4.74 Å². The van der Waals surface area contributed by atoms with Gasteiger partial charge in [-0.15, -0.1) is 10.2 Å². The van der Waals surface area contributed by atoms with E-state index in [1.54, 1.807) is 46.2 Å². The van der Waals surface area contributed by atoms with Crippen LogP contribution in [0.25, 0.3) is 11.3 Å². The summed E-state index contributed by atoms with van der Waals surface area (Å²) in [6.45, 7) is 19.5. The Morgan fingerprint density at radius 2 is 1.63 bits per heavy atom. The predicted octanol–water partition coefficient (Wildman–Crippen LogP) is 5.46. The minimum atomic E-state index is -1.85. The third-order valence-corrected chi connectivity index (χ3v) is 17.6. The first-order valence-corrected chi connectivity index (χ1v) is 29.5. The summed E-state index contributed by atoms with van der Waals surface area (Å²) < 4.78 is 56.8. The highest BCUT2D eigenvalue weighted by atomic mass is 32.1. The number of likely N-dealkylation sites (N-methyl/N-ethyl adjacent to an activating group) is 2. The number of hydrogen-bond donors (Lipinski definition) is 5. The normalized spacial score (nSPS) is 36.4. The van der Waals surface area contributed by atoms with E-state index in [1.165, 1.54) is 25.6 Å². The van der Waals surface area contributed by atoms with Crippen LogP contribution >= 0.6 is 11.5 Å². The molecule has 0 amide bonds. The molecule has 3 fully saturated rings. The maximum atomic E-state index is 14.6. The molecule has 2 aromatic carbocycles. The number of aromatic nitrogens is 5. The number of cyclic esters (lactones) is 1. The zero-order chi connectivity index (χ0) is 59.0. The van der Waals surface area contributed by atoms with Crippen molar-refractivity contribution in [3.05, 3.63) is 77.4 Å². The first-order chi connectivity index (χ1) is 38.3. The van der Waals surface area contributed by atoms with Gasteiger partial charge in [-0.25, -0.2) is 4.68 Å². The molecule has 0 saturated carbocycles. The molecular formula is C59H91N7O14S. The summed E-state index contributed by atoms with van der Waals surface area (Å²) in [6.07, 6.45) is -6.90. The van der Waals surface area contributed by atoms with Crippen molar-refractivity contribution >= 4 is 17.5 Å². The van der Waals surface area contributed by atoms with E-state index in [0.717, 1.165) is 22.5 Å². The lowest BCUT2D eigenvalue weighted by molar-refractivity contribution is -0.318. The molecule has 21 nitrogen and oxygen atoms in total. The van der Waals surface area contributed by atoms with Crippen molar-refractivity contribution in [2.75, 3.05) is 47.5 Å². The molecule has 0 bridgehead atoms. The number of hydrogen-bond acceptors (Lipinski definition) is 21. The molecular weight excluding hydrogens is 1060 g/mol. The zero-order valence-electron chi connectivity index (χ0n) is 49.6. The van der Waals surface area contributed by atoms with Crippen LogP contribution in [0.4, 0.5) is 0 Å². The van der Waals surface area contributed by atoms with Crippen molar-refractivity contribution in [2.45, 2.75) is 204 Å². The van der Waals surface area contributed by atoms with Gasteiger partial charge in [-0.05, 0) is 129 Å². The van der Waals surface area contributed by atoms with Gasteiger partial charge in [0.15, 0.2) is 12.6 Å². The van der Waals surface area contributed by atoms with E-state index in [-0.39, 0.29) is 43.9 Å². The number of carbonyl (C=O) groups is 1. The number of esters is 1. The second-order valence-electron chi connectivity index (χ2n) is 23.9.